The van der Waals surface area contributed by atoms with E-state index in [9.17, 15) is 18.0 Å². The lowest BCUT2D eigenvalue weighted by Gasteiger charge is -2.58. The fraction of sp³-hybridized carbons (Fsp3) is 0.417. The smallest absolute Gasteiger partial charge is 0.405 e. The molecule has 0 spiro atoms. The van der Waals surface area contributed by atoms with Gasteiger partial charge in [-0.05, 0) is 86.3 Å². The number of nitrogens with one attached hydrogen (secondary N) is 2. The zero-order chi connectivity index (χ0) is 25.0. The summed E-state index contributed by atoms with van der Waals surface area (Å²) in [6.45, 7) is 0. The highest BCUT2D eigenvalue weighted by atomic mass is 35.5. The number of primary amides is 1. The summed E-state index contributed by atoms with van der Waals surface area (Å²) >= 11 is 11.9. The summed E-state index contributed by atoms with van der Waals surface area (Å²) in [5, 5.41) is 3.56. The van der Waals surface area contributed by atoms with Crippen molar-refractivity contribution >= 4 is 50.9 Å². The van der Waals surface area contributed by atoms with Gasteiger partial charge in [0.15, 0.2) is 0 Å². The lowest BCUT2D eigenvalue weighted by molar-refractivity contribution is -0.137. The Kier molecular flexibility index (Phi) is 6.14. The van der Waals surface area contributed by atoms with Crippen LogP contribution in [0.3, 0.4) is 0 Å². The predicted molar refractivity (Wildman–Crippen MR) is 132 cm³/mol. The number of carbonyl (C=O) groups excluding carboxylic acids is 2. The molecular formula is C24H25Cl2N3O5S. The summed E-state index contributed by atoms with van der Waals surface area (Å²) in [7, 11) is -3.96. The first-order chi connectivity index (χ1) is 16.5. The predicted octanol–water partition coefficient (Wildman–Crippen LogP) is 4.57. The number of sulfonamides is 1. The van der Waals surface area contributed by atoms with Crippen molar-refractivity contribution in [2.45, 2.75) is 48.6 Å². The van der Waals surface area contributed by atoms with Crippen molar-refractivity contribution in [1.82, 2.24) is 5.32 Å². The quantitative estimate of drug-likeness (QED) is 0.497. The Balaban J connectivity index is 1.30. The van der Waals surface area contributed by atoms with E-state index in [0.29, 0.717) is 24.3 Å². The number of hydrogen-bond donors (Lipinski definition) is 3. The molecule has 8 nitrogen and oxygen atoms in total. The van der Waals surface area contributed by atoms with Gasteiger partial charge in [0.05, 0.1) is 4.90 Å². The van der Waals surface area contributed by atoms with Gasteiger partial charge in [0, 0.05) is 27.3 Å². The Morgan fingerprint density at radius 3 is 2.29 bits per heavy atom. The van der Waals surface area contributed by atoms with Crippen molar-refractivity contribution in [1.29, 1.82) is 0 Å². The zero-order valence-corrected chi connectivity index (χ0v) is 21.0. The Morgan fingerprint density at radius 1 is 1.00 bits per heavy atom. The second kappa shape index (κ2) is 8.87. The maximum atomic E-state index is 13.1. The lowest BCUT2D eigenvalue weighted by atomic mass is 9.52. The Morgan fingerprint density at radius 2 is 1.66 bits per heavy atom. The average Bonchev–Trinajstić information content (AvgIpc) is 2.74. The SMILES string of the molecule is NC(=O)OC12CC3CC(C1)C(NC(=O)c1cccc(NS(=O)(=O)c4cc(Cl)cc(Cl)c4)c1)C(C3)C2. The summed E-state index contributed by atoms with van der Waals surface area (Å²) in [4.78, 5) is 24.5. The van der Waals surface area contributed by atoms with Crippen LogP contribution in [0.1, 0.15) is 42.5 Å². The third-order valence-electron chi connectivity index (χ3n) is 7.36. The van der Waals surface area contributed by atoms with Crippen LogP contribution in [-0.4, -0.2) is 32.1 Å². The van der Waals surface area contributed by atoms with Crippen LogP contribution in [0.4, 0.5) is 10.5 Å². The van der Waals surface area contributed by atoms with Crippen LogP contribution in [-0.2, 0) is 14.8 Å². The van der Waals surface area contributed by atoms with Crippen molar-refractivity contribution in [3.8, 4) is 0 Å². The molecule has 0 radical (unpaired) electrons. The van der Waals surface area contributed by atoms with Gasteiger partial charge in [-0.15, -0.1) is 0 Å². The van der Waals surface area contributed by atoms with Crippen LogP contribution in [0.25, 0.3) is 0 Å². The van der Waals surface area contributed by atoms with Crippen molar-refractivity contribution in [2.75, 3.05) is 4.72 Å². The largest absolute Gasteiger partial charge is 0.443 e. The highest BCUT2D eigenvalue weighted by Crippen LogP contribution is 2.57. The Hall–Kier alpha value is -2.49. The molecule has 2 unspecified atom stereocenters. The second-order valence-electron chi connectivity index (χ2n) is 9.86. The number of anilines is 1. The van der Waals surface area contributed by atoms with E-state index in [-0.39, 0.29) is 44.4 Å². The fourth-order valence-electron chi connectivity index (χ4n) is 6.38. The molecule has 4 saturated carbocycles. The summed E-state index contributed by atoms with van der Waals surface area (Å²) in [6, 6.07) is 10.3. The monoisotopic (exact) mass is 537 g/mol. The number of ether oxygens (including phenoxy) is 1. The fourth-order valence-corrected chi connectivity index (χ4v) is 8.15. The molecule has 4 N–H and O–H groups in total. The first-order valence-electron chi connectivity index (χ1n) is 11.4. The zero-order valence-electron chi connectivity index (χ0n) is 18.7. The van der Waals surface area contributed by atoms with Gasteiger partial charge in [0.1, 0.15) is 5.60 Å². The van der Waals surface area contributed by atoms with Crippen molar-refractivity contribution in [2.24, 2.45) is 23.5 Å². The number of carbonyl (C=O) groups is 2. The Labute approximate surface area is 213 Å². The first-order valence-corrected chi connectivity index (χ1v) is 13.6. The van der Waals surface area contributed by atoms with E-state index >= 15 is 0 Å². The molecule has 35 heavy (non-hydrogen) atoms. The van der Waals surface area contributed by atoms with Gasteiger partial charge >= 0.3 is 6.09 Å². The van der Waals surface area contributed by atoms with Crippen molar-refractivity contribution in [3.63, 3.8) is 0 Å². The number of nitrogens with two attached hydrogens (primary N) is 1. The summed E-state index contributed by atoms with van der Waals surface area (Å²) < 4.78 is 33.6. The number of benzene rings is 2. The highest BCUT2D eigenvalue weighted by molar-refractivity contribution is 7.92. The van der Waals surface area contributed by atoms with E-state index in [1.807, 2.05) is 0 Å². The van der Waals surface area contributed by atoms with E-state index in [1.165, 1.54) is 24.3 Å². The summed E-state index contributed by atoms with van der Waals surface area (Å²) in [6.07, 6.45) is 3.43. The van der Waals surface area contributed by atoms with Gasteiger partial charge < -0.3 is 15.8 Å². The van der Waals surface area contributed by atoms with E-state index in [4.69, 9.17) is 33.7 Å². The summed E-state index contributed by atoms with van der Waals surface area (Å²) in [5.41, 5.74) is 5.40. The molecule has 2 atom stereocenters. The molecule has 2 amide bonds. The number of rotatable bonds is 6. The second-order valence-corrected chi connectivity index (χ2v) is 12.4. The maximum absolute atomic E-state index is 13.1. The van der Waals surface area contributed by atoms with Crippen LogP contribution in [0.15, 0.2) is 47.4 Å². The molecule has 186 valence electrons. The molecule has 0 heterocycles. The minimum absolute atomic E-state index is 0.0300. The van der Waals surface area contributed by atoms with Crippen LogP contribution in [0.2, 0.25) is 10.0 Å². The topological polar surface area (TPSA) is 128 Å². The third kappa shape index (κ3) is 4.94. The normalized spacial score (nSPS) is 29.0. The van der Waals surface area contributed by atoms with Gasteiger partial charge in [0.2, 0.25) is 0 Å². The van der Waals surface area contributed by atoms with E-state index in [2.05, 4.69) is 10.0 Å². The van der Waals surface area contributed by atoms with Gasteiger partial charge in [-0.2, -0.15) is 0 Å². The molecule has 4 aliphatic carbocycles. The Bertz CT molecular complexity index is 1270. The minimum Gasteiger partial charge on any atom is -0.443 e. The standard InChI is InChI=1S/C24H25Cl2N3O5S/c25-17-7-18(26)9-20(8-17)35(32,33)29-19-3-1-2-14(6-19)22(30)28-21-15-4-13-5-16(21)12-24(10-13,11-15)34-23(27)31/h1-3,6-9,13,15-16,21,29H,4-5,10-12H2,(H2,27,31)(H,28,30). The number of amides is 2. The molecule has 0 aromatic heterocycles. The molecule has 4 bridgehead atoms. The molecule has 0 saturated heterocycles. The van der Waals surface area contributed by atoms with Crippen LogP contribution in [0, 0.1) is 17.8 Å². The minimum atomic E-state index is -3.96. The third-order valence-corrected chi connectivity index (χ3v) is 9.15. The van der Waals surface area contributed by atoms with Gasteiger partial charge in [-0.25, -0.2) is 13.2 Å². The van der Waals surface area contributed by atoms with E-state index in [1.54, 1.807) is 18.2 Å². The number of halogens is 2. The van der Waals surface area contributed by atoms with Crippen molar-refractivity contribution < 1.29 is 22.7 Å². The van der Waals surface area contributed by atoms with Gasteiger partial charge in [-0.3, -0.25) is 9.52 Å². The van der Waals surface area contributed by atoms with Gasteiger partial charge in [0.25, 0.3) is 15.9 Å². The van der Waals surface area contributed by atoms with E-state index in [0.717, 1.165) is 19.3 Å². The molecule has 2 aromatic carbocycles. The molecule has 2 aromatic rings. The molecule has 4 aliphatic rings. The van der Waals surface area contributed by atoms with E-state index < -0.39 is 21.7 Å². The first kappa shape index (κ1) is 24.2. The molecular weight excluding hydrogens is 513 g/mol. The molecule has 6 rings (SSSR count). The van der Waals surface area contributed by atoms with Crippen LogP contribution < -0.4 is 15.8 Å². The lowest BCUT2D eigenvalue weighted by Crippen LogP contribution is -2.63. The highest BCUT2D eigenvalue weighted by Gasteiger charge is 2.57. The molecule has 11 heteroatoms. The van der Waals surface area contributed by atoms with Crippen LogP contribution in [0.5, 0.6) is 0 Å². The summed E-state index contributed by atoms with van der Waals surface area (Å²) in [5.74, 6) is 0.606. The maximum Gasteiger partial charge on any atom is 0.405 e. The van der Waals surface area contributed by atoms with Crippen LogP contribution >= 0.6 is 23.2 Å². The van der Waals surface area contributed by atoms with Gasteiger partial charge in [-0.1, -0.05) is 29.3 Å². The number of hydrogen-bond acceptors (Lipinski definition) is 5. The average molecular weight is 538 g/mol. The molecule has 4 fully saturated rings. The van der Waals surface area contributed by atoms with Crippen molar-refractivity contribution in [3.05, 3.63) is 58.1 Å². The molecule has 0 aliphatic heterocycles.